The molecule has 0 radical (unpaired) electrons. The van der Waals surface area contributed by atoms with Gasteiger partial charge in [0.15, 0.2) is 0 Å². The average molecular weight is 504 g/mol. The fourth-order valence-corrected chi connectivity index (χ4v) is 3.78. The van der Waals surface area contributed by atoms with Gasteiger partial charge in [0.25, 0.3) is 0 Å². The maximum Gasteiger partial charge on any atom is 0.322 e. The molecule has 2 N–H and O–H groups in total. The minimum atomic E-state index is -0.522. The number of aromatic nitrogens is 2. The van der Waals surface area contributed by atoms with E-state index >= 15 is 0 Å². The number of hydrogen-bond acceptors (Lipinski definition) is 3. The van der Waals surface area contributed by atoms with Crippen molar-refractivity contribution in [2.24, 2.45) is 5.92 Å². The second-order valence-electron chi connectivity index (χ2n) is 8.93. The van der Waals surface area contributed by atoms with Gasteiger partial charge in [-0.2, -0.15) is 5.10 Å². The summed E-state index contributed by atoms with van der Waals surface area (Å²) in [5.41, 5.74) is 2.31. The maximum atomic E-state index is 13.5. The van der Waals surface area contributed by atoms with Crippen LogP contribution in [0.25, 0.3) is 16.9 Å². The first kappa shape index (κ1) is 25.6. The van der Waals surface area contributed by atoms with E-state index in [0.29, 0.717) is 29.4 Å². The minimum Gasteiger partial charge on any atom is -0.315 e. The van der Waals surface area contributed by atoms with Gasteiger partial charge in [0.1, 0.15) is 24.0 Å². The molecule has 4 aromatic rings. The third-order valence-corrected chi connectivity index (χ3v) is 5.40. The van der Waals surface area contributed by atoms with E-state index in [1.165, 1.54) is 39.9 Å². The molecule has 0 atom stereocenters. The van der Waals surface area contributed by atoms with Gasteiger partial charge in [0.2, 0.25) is 5.91 Å². The Bertz CT molecular complexity index is 1370. The molecule has 0 bridgehead atoms. The summed E-state index contributed by atoms with van der Waals surface area (Å²) >= 11 is 0. The van der Waals surface area contributed by atoms with Crippen LogP contribution in [0.5, 0.6) is 0 Å². The first-order chi connectivity index (χ1) is 17.8. The summed E-state index contributed by atoms with van der Waals surface area (Å²) in [5, 5.41) is 10.1. The molecule has 9 heteroatoms. The fourth-order valence-electron chi connectivity index (χ4n) is 3.78. The van der Waals surface area contributed by atoms with E-state index in [1.807, 2.05) is 44.2 Å². The van der Waals surface area contributed by atoms with E-state index in [4.69, 9.17) is 0 Å². The number of amides is 3. The molecule has 37 heavy (non-hydrogen) atoms. The van der Waals surface area contributed by atoms with Crippen LogP contribution in [0.4, 0.5) is 25.1 Å². The van der Waals surface area contributed by atoms with Crippen molar-refractivity contribution in [3.8, 4) is 16.9 Å². The number of rotatable bonds is 8. The lowest BCUT2D eigenvalue weighted by Gasteiger charge is -2.24. The van der Waals surface area contributed by atoms with Crippen molar-refractivity contribution < 1.29 is 18.4 Å². The molecule has 0 fully saturated rings. The molecule has 0 saturated carbocycles. The predicted octanol–water partition coefficient (Wildman–Crippen LogP) is 5.95. The molecule has 1 aromatic heterocycles. The Balaban J connectivity index is 1.56. The molecular weight excluding hydrogens is 476 g/mol. The molecular formula is C28H27F2N5O2. The molecule has 3 amide bonds. The number of carbonyl (C=O) groups is 2. The van der Waals surface area contributed by atoms with Gasteiger partial charge in [-0.3, -0.25) is 4.79 Å². The molecule has 0 saturated heterocycles. The highest BCUT2D eigenvalue weighted by Gasteiger charge is 2.21. The van der Waals surface area contributed by atoms with Crippen molar-refractivity contribution in [1.82, 2.24) is 14.7 Å². The molecule has 7 nitrogen and oxygen atoms in total. The van der Waals surface area contributed by atoms with E-state index in [0.717, 1.165) is 5.56 Å². The monoisotopic (exact) mass is 503 g/mol. The number of benzene rings is 3. The molecule has 0 unspecified atom stereocenters. The number of hydrogen-bond donors (Lipinski definition) is 2. The van der Waals surface area contributed by atoms with Gasteiger partial charge in [-0.25, -0.2) is 18.3 Å². The lowest BCUT2D eigenvalue weighted by Crippen LogP contribution is -2.42. The zero-order chi connectivity index (χ0) is 26.4. The summed E-state index contributed by atoms with van der Waals surface area (Å²) in [5.74, 6) is -0.864. The number of nitrogens with one attached hydrogen (secondary N) is 2. The number of nitrogens with zero attached hydrogens (tertiary/aromatic N) is 3. The summed E-state index contributed by atoms with van der Waals surface area (Å²) in [4.78, 5) is 27.4. The Morgan fingerprint density at radius 2 is 1.62 bits per heavy atom. The molecule has 1 heterocycles. The highest BCUT2D eigenvalue weighted by atomic mass is 19.1. The summed E-state index contributed by atoms with van der Waals surface area (Å²) in [6.07, 6.45) is 0. The quantitative estimate of drug-likeness (QED) is 0.312. The second kappa shape index (κ2) is 11.5. The molecule has 4 rings (SSSR count). The highest BCUT2D eigenvalue weighted by Crippen LogP contribution is 2.25. The SMILES string of the molecule is CC(C)CN(CC(=O)Nc1cc(-c2ccccc2)nn1-c1ccc(F)cc1)C(=O)Nc1cccc(F)c1. The highest BCUT2D eigenvalue weighted by molar-refractivity contribution is 5.97. The lowest BCUT2D eigenvalue weighted by atomic mass is 10.1. The smallest absolute Gasteiger partial charge is 0.315 e. The Hall–Kier alpha value is -4.53. The van der Waals surface area contributed by atoms with Gasteiger partial charge in [0.05, 0.1) is 11.4 Å². The van der Waals surface area contributed by atoms with Crippen LogP contribution in [0.1, 0.15) is 13.8 Å². The summed E-state index contributed by atoms with van der Waals surface area (Å²) in [6.45, 7) is 3.92. The average Bonchev–Trinajstić information content (AvgIpc) is 3.28. The van der Waals surface area contributed by atoms with Gasteiger partial charge in [-0.05, 0) is 48.4 Å². The standard InChI is InChI=1S/C28H27F2N5O2/c1-19(2)17-34(28(37)31-23-10-6-9-22(30)15-23)18-27(36)32-26-16-25(20-7-4-3-5-8-20)33-35(26)24-13-11-21(29)12-14-24/h3-16,19H,17-18H2,1-2H3,(H,31,37)(H,32,36). The first-order valence-electron chi connectivity index (χ1n) is 11.8. The van der Waals surface area contributed by atoms with Crippen molar-refractivity contribution in [2.75, 3.05) is 23.7 Å². The van der Waals surface area contributed by atoms with Gasteiger partial charge in [-0.1, -0.05) is 50.2 Å². The van der Waals surface area contributed by atoms with Crippen LogP contribution in [0.2, 0.25) is 0 Å². The lowest BCUT2D eigenvalue weighted by molar-refractivity contribution is -0.116. The van der Waals surface area contributed by atoms with Crippen LogP contribution in [0, 0.1) is 17.6 Å². The third kappa shape index (κ3) is 6.78. The van der Waals surface area contributed by atoms with E-state index in [9.17, 15) is 18.4 Å². The number of carbonyl (C=O) groups excluding carboxylic acids is 2. The van der Waals surface area contributed by atoms with Crippen molar-refractivity contribution in [1.29, 1.82) is 0 Å². The maximum absolute atomic E-state index is 13.5. The van der Waals surface area contributed by atoms with E-state index in [-0.39, 0.29) is 12.5 Å². The number of halogens is 2. The van der Waals surface area contributed by atoms with Crippen LogP contribution in [0.3, 0.4) is 0 Å². The van der Waals surface area contributed by atoms with Gasteiger partial charge < -0.3 is 15.5 Å². The minimum absolute atomic E-state index is 0.0838. The number of anilines is 2. The summed E-state index contributed by atoms with van der Waals surface area (Å²) < 4.78 is 28.6. The molecule has 190 valence electrons. The van der Waals surface area contributed by atoms with E-state index in [1.54, 1.807) is 24.3 Å². The molecule has 3 aromatic carbocycles. The van der Waals surface area contributed by atoms with Gasteiger partial charge in [0, 0.05) is 23.9 Å². The zero-order valence-corrected chi connectivity index (χ0v) is 20.5. The van der Waals surface area contributed by atoms with Crippen molar-refractivity contribution >= 4 is 23.4 Å². The summed E-state index contributed by atoms with van der Waals surface area (Å²) in [6, 6.07) is 21.9. The number of urea groups is 1. The van der Waals surface area contributed by atoms with Crippen LogP contribution < -0.4 is 10.6 Å². The van der Waals surface area contributed by atoms with E-state index in [2.05, 4.69) is 15.7 Å². The Kier molecular flexibility index (Phi) is 7.92. The Morgan fingerprint density at radius 3 is 2.30 bits per heavy atom. The summed E-state index contributed by atoms with van der Waals surface area (Å²) in [7, 11) is 0. The first-order valence-corrected chi connectivity index (χ1v) is 11.8. The normalized spacial score (nSPS) is 10.8. The molecule has 0 spiro atoms. The van der Waals surface area contributed by atoms with Crippen molar-refractivity contribution in [3.63, 3.8) is 0 Å². The molecule has 0 aliphatic carbocycles. The Labute approximate surface area is 213 Å². The van der Waals surface area contributed by atoms with Crippen LogP contribution in [0.15, 0.2) is 84.9 Å². The molecule has 0 aliphatic rings. The van der Waals surface area contributed by atoms with E-state index < -0.39 is 23.6 Å². The molecule has 0 aliphatic heterocycles. The third-order valence-electron chi connectivity index (χ3n) is 5.40. The predicted molar refractivity (Wildman–Crippen MR) is 139 cm³/mol. The van der Waals surface area contributed by atoms with Gasteiger partial charge in [-0.15, -0.1) is 0 Å². The largest absolute Gasteiger partial charge is 0.322 e. The topological polar surface area (TPSA) is 79.3 Å². The van der Waals surface area contributed by atoms with Crippen LogP contribution >= 0.6 is 0 Å². The van der Waals surface area contributed by atoms with Crippen molar-refractivity contribution in [2.45, 2.75) is 13.8 Å². The van der Waals surface area contributed by atoms with Crippen LogP contribution in [-0.4, -0.2) is 39.7 Å². The van der Waals surface area contributed by atoms with Gasteiger partial charge >= 0.3 is 6.03 Å². The fraction of sp³-hybridized carbons (Fsp3) is 0.179. The zero-order valence-electron chi connectivity index (χ0n) is 20.5. The van der Waals surface area contributed by atoms with Crippen molar-refractivity contribution in [3.05, 3.63) is 96.6 Å². The van der Waals surface area contributed by atoms with Crippen LogP contribution in [-0.2, 0) is 4.79 Å². The Morgan fingerprint density at radius 1 is 0.892 bits per heavy atom. The second-order valence-corrected chi connectivity index (χ2v) is 8.93.